The van der Waals surface area contributed by atoms with Crippen molar-refractivity contribution in [1.82, 2.24) is 19.5 Å². The second-order valence-electron chi connectivity index (χ2n) is 15.1. The fraction of sp³-hybridized carbons (Fsp3) is 0.614. The molecular formula is C44H68N5O8P. The van der Waals surface area contributed by atoms with Crippen molar-refractivity contribution in [3.63, 3.8) is 0 Å². The Hall–Kier alpha value is -3.42. The number of hydrogen-bond acceptors (Lipinski definition) is 11. The molecule has 58 heavy (non-hydrogen) atoms. The highest BCUT2D eigenvalue weighted by Gasteiger charge is 2.30. The van der Waals surface area contributed by atoms with E-state index in [2.05, 4.69) is 21.9 Å². The van der Waals surface area contributed by atoms with Crippen LogP contribution in [0.25, 0.3) is 11.2 Å². The second kappa shape index (κ2) is 28.1. The first kappa shape index (κ1) is 47.3. The molecule has 0 amide bonds. The van der Waals surface area contributed by atoms with E-state index < -0.39 is 38.3 Å². The molecular weight excluding hydrogens is 757 g/mol. The highest BCUT2D eigenvalue weighted by atomic mass is 31.2. The maximum Gasteiger partial charge on any atom is 0.356 e. The highest BCUT2D eigenvalue weighted by Crippen LogP contribution is 2.49. The summed E-state index contributed by atoms with van der Waals surface area (Å²) in [5.74, 6) is -0.0639. The zero-order valence-electron chi connectivity index (χ0n) is 34.6. The molecule has 2 unspecified atom stereocenters. The van der Waals surface area contributed by atoms with Crippen LogP contribution >= 0.6 is 7.60 Å². The van der Waals surface area contributed by atoms with Gasteiger partial charge in [-0.15, -0.1) is 0 Å². The fourth-order valence-corrected chi connectivity index (χ4v) is 8.00. The quantitative estimate of drug-likeness (QED) is 0.0303. The molecule has 4 aromatic rings. The van der Waals surface area contributed by atoms with E-state index in [1.54, 1.807) is 4.57 Å². The minimum Gasteiger partial charge on any atom is -0.394 e. The van der Waals surface area contributed by atoms with Crippen LogP contribution in [0.15, 0.2) is 71.8 Å². The van der Waals surface area contributed by atoms with E-state index in [0.717, 1.165) is 24.0 Å². The number of aromatic amines is 1. The van der Waals surface area contributed by atoms with Gasteiger partial charge in [-0.3, -0.25) is 14.3 Å². The van der Waals surface area contributed by atoms with E-state index in [1.807, 2.05) is 60.7 Å². The molecule has 3 atom stereocenters. The van der Waals surface area contributed by atoms with Crippen molar-refractivity contribution in [3.8, 4) is 0 Å². The summed E-state index contributed by atoms with van der Waals surface area (Å²) in [7, 11) is -3.92. The van der Waals surface area contributed by atoms with Crippen molar-refractivity contribution in [2.24, 2.45) is 0 Å². The lowest BCUT2D eigenvalue weighted by atomic mass is 10.0. The van der Waals surface area contributed by atoms with Crippen LogP contribution in [0.4, 0.5) is 5.95 Å². The van der Waals surface area contributed by atoms with Gasteiger partial charge in [0, 0.05) is 6.61 Å². The average Bonchev–Trinajstić information content (AvgIpc) is 3.65. The van der Waals surface area contributed by atoms with E-state index in [-0.39, 0.29) is 43.5 Å². The Balaban J connectivity index is 1.23. The Morgan fingerprint density at radius 3 is 1.90 bits per heavy atom. The summed E-state index contributed by atoms with van der Waals surface area (Å²) in [4.78, 5) is 23.0. The number of nitrogens with two attached hydrogens (primary N) is 1. The standard InChI is InChI=1S/C44H68N5O8P/c1-2-3-4-5-6-7-8-9-10-11-12-13-14-15-16-23-28-53-33-40(54-31-37-24-19-17-20-25-37)34-57-58(52,56-32-38-26-21-18-22-27-38)36-55-39(30-50)29-49-35-46-41-42(49)47-44(45)48-43(41)51/h17-22,24-27,35,39-40,50H,2-16,23,28-34,36H2,1H3,(H3,45,47,48,51)/t39-,40?,58?/m0/s1. The topological polar surface area (TPSA) is 173 Å². The number of nitrogen functional groups attached to an aromatic ring is 1. The molecule has 0 bridgehead atoms. The summed E-state index contributed by atoms with van der Waals surface area (Å²) in [6.45, 7) is 3.04. The number of fused-ring (bicyclic) bond motifs is 1. The number of H-pyrrole nitrogens is 1. The van der Waals surface area contributed by atoms with Crippen LogP contribution in [0, 0.1) is 0 Å². The van der Waals surface area contributed by atoms with Crippen molar-refractivity contribution in [2.75, 3.05) is 38.5 Å². The van der Waals surface area contributed by atoms with Crippen LogP contribution < -0.4 is 11.3 Å². The normalized spacial score (nSPS) is 13.8. The van der Waals surface area contributed by atoms with Gasteiger partial charge in [-0.05, 0) is 17.5 Å². The lowest BCUT2D eigenvalue weighted by molar-refractivity contribution is -0.0504. The summed E-state index contributed by atoms with van der Waals surface area (Å²) in [5.41, 5.74) is 7.41. The minimum absolute atomic E-state index is 0.0225. The summed E-state index contributed by atoms with van der Waals surface area (Å²) in [6.07, 6.45) is 20.6. The predicted octanol–water partition coefficient (Wildman–Crippen LogP) is 9.33. The largest absolute Gasteiger partial charge is 0.394 e. The predicted molar refractivity (Wildman–Crippen MR) is 230 cm³/mol. The maximum atomic E-state index is 14.3. The van der Waals surface area contributed by atoms with E-state index in [0.29, 0.717) is 13.2 Å². The van der Waals surface area contributed by atoms with Crippen LogP contribution in [-0.4, -0.2) is 69.6 Å². The molecule has 0 aliphatic rings. The van der Waals surface area contributed by atoms with Gasteiger partial charge in [0.1, 0.15) is 12.5 Å². The Labute approximate surface area is 344 Å². The molecule has 322 valence electrons. The summed E-state index contributed by atoms with van der Waals surface area (Å²) < 4.78 is 46.1. The number of rotatable bonds is 34. The Bertz CT molecular complexity index is 1760. The van der Waals surface area contributed by atoms with Crippen molar-refractivity contribution in [1.29, 1.82) is 0 Å². The third kappa shape index (κ3) is 18.7. The minimum atomic E-state index is -3.92. The van der Waals surface area contributed by atoms with E-state index in [4.69, 9.17) is 29.0 Å². The van der Waals surface area contributed by atoms with Gasteiger partial charge in [-0.1, -0.05) is 164 Å². The third-order valence-corrected chi connectivity index (χ3v) is 11.6. The van der Waals surface area contributed by atoms with Gasteiger partial charge in [-0.25, -0.2) is 4.98 Å². The number of nitrogens with zero attached hydrogens (tertiary/aromatic N) is 3. The van der Waals surface area contributed by atoms with Gasteiger partial charge in [0.15, 0.2) is 11.2 Å². The van der Waals surface area contributed by atoms with Crippen LogP contribution in [0.5, 0.6) is 0 Å². The number of anilines is 1. The van der Waals surface area contributed by atoms with E-state index in [9.17, 15) is 14.5 Å². The second-order valence-corrected chi connectivity index (χ2v) is 17.1. The van der Waals surface area contributed by atoms with Gasteiger partial charge in [0.05, 0.1) is 52.0 Å². The molecule has 14 heteroatoms. The lowest BCUT2D eigenvalue weighted by Crippen LogP contribution is -2.27. The molecule has 2 aromatic heterocycles. The number of aromatic nitrogens is 4. The molecule has 0 saturated carbocycles. The number of aliphatic hydroxyl groups excluding tert-OH is 1. The molecule has 0 spiro atoms. The number of ether oxygens (including phenoxy) is 3. The Morgan fingerprint density at radius 2 is 1.31 bits per heavy atom. The molecule has 0 fully saturated rings. The molecule has 2 heterocycles. The summed E-state index contributed by atoms with van der Waals surface area (Å²) in [6, 6.07) is 19.2. The van der Waals surface area contributed by atoms with Crippen LogP contribution in [-0.2, 0) is 47.6 Å². The Morgan fingerprint density at radius 1 is 0.741 bits per heavy atom. The van der Waals surface area contributed by atoms with Gasteiger partial charge in [0.2, 0.25) is 5.95 Å². The number of imidazole rings is 1. The first-order valence-corrected chi connectivity index (χ1v) is 23.2. The highest BCUT2D eigenvalue weighted by molar-refractivity contribution is 7.53. The molecule has 13 nitrogen and oxygen atoms in total. The monoisotopic (exact) mass is 825 g/mol. The average molecular weight is 826 g/mol. The lowest BCUT2D eigenvalue weighted by Gasteiger charge is -2.25. The number of hydrogen-bond donors (Lipinski definition) is 3. The molecule has 2 aromatic carbocycles. The number of benzene rings is 2. The molecule has 0 saturated heterocycles. The van der Waals surface area contributed by atoms with Gasteiger partial charge >= 0.3 is 7.60 Å². The van der Waals surface area contributed by atoms with Crippen molar-refractivity contribution in [3.05, 3.63) is 88.5 Å². The van der Waals surface area contributed by atoms with Crippen LogP contribution in [0.1, 0.15) is 121 Å². The van der Waals surface area contributed by atoms with Gasteiger partial charge in [-0.2, -0.15) is 4.98 Å². The smallest absolute Gasteiger partial charge is 0.356 e. The third-order valence-electron chi connectivity index (χ3n) is 10.1. The number of aliphatic hydroxyl groups is 1. The van der Waals surface area contributed by atoms with Crippen molar-refractivity contribution >= 4 is 24.7 Å². The van der Waals surface area contributed by atoms with E-state index >= 15 is 0 Å². The Kier molecular flexibility index (Phi) is 22.9. The first-order valence-electron chi connectivity index (χ1n) is 21.5. The molecule has 0 aliphatic carbocycles. The van der Waals surface area contributed by atoms with Gasteiger partial charge in [0.25, 0.3) is 5.56 Å². The van der Waals surface area contributed by atoms with Gasteiger partial charge < -0.3 is 38.7 Å². The van der Waals surface area contributed by atoms with Crippen molar-refractivity contribution < 1.29 is 32.9 Å². The van der Waals surface area contributed by atoms with Crippen molar-refractivity contribution in [2.45, 2.75) is 142 Å². The molecule has 0 aliphatic heterocycles. The fourth-order valence-electron chi connectivity index (χ4n) is 6.64. The SMILES string of the molecule is CCCCCCCCCCCCCCCCCCOCC(COP(=O)(CO[C@H](CO)Cn1cnc2c(=O)[nH]c(N)nc21)OCc1ccccc1)OCc1ccccc1. The van der Waals surface area contributed by atoms with Crippen LogP contribution in [0.2, 0.25) is 0 Å². The summed E-state index contributed by atoms with van der Waals surface area (Å²) in [5, 5.41) is 10.2. The number of nitrogens with one attached hydrogen (secondary N) is 1. The molecule has 4 rings (SSSR count). The maximum absolute atomic E-state index is 14.3. The van der Waals surface area contributed by atoms with Crippen LogP contribution in [0.3, 0.4) is 0 Å². The molecule has 4 N–H and O–H groups in total. The molecule has 0 radical (unpaired) electrons. The summed E-state index contributed by atoms with van der Waals surface area (Å²) >= 11 is 0. The first-order chi connectivity index (χ1) is 28.4. The van der Waals surface area contributed by atoms with E-state index in [1.165, 1.54) is 96.2 Å². The number of unbranched alkanes of at least 4 members (excludes halogenated alkanes) is 15. The zero-order valence-corrected chi connectivity index (χ0v) is 35.5. The zero-order chi connectivity index (χ0) is 41.1.